The van der Waals surface area contributed by atoms with Crippen LogP contribution < -0.4 is 4.74 Å². The summed E-state index contributed by atoms with van der Waals surface area (Å²) in [6.45, 7) is 4.96. The van der Waals surface area contributed by atoms with Gasteiger partial charge in [0.15, 0.2) is 5.82 Å². The first-order valence-corrected chi connectivity index (χ1v) is 7.05. The van der Waals surface area contributed by atoms with E-state index in [9.17, 15) is 0 Å². The molecule has 0 aliphatic heterocycles. The van der Waals surface area contributed by atoms with Crippen LogP contribution in [0.3, 0.4) is 0 Å². The highest BCUT2D eigenvalue weighted by atomic mass is 35.5. The van der Waals surface area contributed by atoms with Crippen molar-refractivity contribution in [3.05, 3.63) is 17.0 Å². The predicted octanol–water partition coefficient (Wildman–Crippen LogP) is 3.62. The zero-order chi connectivity index (χ0) is 13.9. The molecule has 1 aliphatic carbocycles. The smallest absolute Gasteiger partial charge is 0.218 e. The summed E-state index contributed by atoms with van der Waals surface area (Å²) < 4.78 is 10.9. The van der Waals surface area contributed by atoms with Crippen LogP contribution in [0.4, 0.5) is 0 Å². The van der Waals surface area contributed by atoms with Gasteiger partial charge < -0.3 is 9.47 Å². The summed E-state index contributed by atoms with van der Waals surface area (Å²) in [5, 5.41) is 0.396. The topological polar surface area (TPSA) is 44.2 Å². The second kappa shape index (κ2) is 6.06. The molecule has 1 aliphatic rings. The highest BCUT2D eigenvalue weighted by Gasteiger charge is 2.28. The van der Waals surface area contributed by atoms with Crippen molar-refractivity contribution in [3.8, 4) is 5.88 Å². The normalized spacial score (nSPS) is 19.4. The third-order valence-corrected chi connectivity index (χ3v) is 3.76. The molecule has 0 saturated heterocycles. The third-order valence-electron chi connectivity index (χ3n) is 3.56. The molecule has 1 aromatic heterocycles. The molecule has 5 heteroatoms. The number of methoxy groups -OCH3 is 1. The molecule has 0 radical (unpaired) electrons. The highest BCUT2D eigenvalue weighted by molar-refractivity contribution is 6.29. The van der Waals surface area contributed by atoms with Crippen molar-refractivity contribution < 1.29 is 9.47 Å². The molecule has 1 heterocycles. The summed E-state index contributed by atoms with van der Waals surface area (Å²) in [7, 11) is 1.61. The van der Waals surface area contributed by atoms with Gasteiger partial charge in [-0.05, 0) is 31.1 Å². The fraction of sp³-hybridized carbons (Fsp3) is 0.714. The van der Waals surface area contributed by atoms with E-state index in [0.29, 0.717) is 28.9 Å². The molecule has 0 spiro atoms. The first-order chi connectivity index (χ1) is 8.98. The van der Waals surface area contributed by atoms with Crippen molar-refractivity contribution in [2.24, 2.45) is 5.41 Å². The fourth-order valence-corrected chi connectivity index (χ4v) is 2.55. The first kappa shape index (κ1) is 14.5. The summed E-state index contributed by atoms with van der Waals surface area (Å²) >= 11 is 5.96. The molecule has 1 saturated carbocycles. The largest absolute Gasteiger partial charge is 0.474 e. The Morgan fingerprint density at radius 2 is 2.00 bits per heavy atom. The van der Waals surface area contributed by atoms with Crippen LogP contribution in [0, 0.1) is 5.41 Å². The van der Waals surface area contributed by atoms with Crippen LogP contribution in [0.25, 0.3) is 0 Å². The van der Waals surface area contributed by atoms with E-state index in [1.165, 1.54) is 12.8 Å². The van der Waals surface area contributed by atoms with Gasteiger partial charge in [0.25, 0.3) is 0 Å². The minimum Gasteiger partial charge on any atom is -0.474 e. The Hall–Kier alpha value is -0.870. The lowest BCUT2D eigenvalue weighted by atomic mass is 9.76. The van der Waals surface area contributed by atoms with Crippen molar-refractivity contribution >= 4 is 11.6 Å². The number of rotatable bonds is 4. The van der Waals surface area contributed by atoms with Crippen LogP contribution in [-0.4, -0.2) is 23.2 Å². The average molecular weight is 285 g/mol. The van der Waals surface area contributed by atoms with Crippen molar-refractivity contribution in [3.63, 3.8) is 0 Å². The van der Waals surface area contributed by atoms with E-state index in [0.717, 1.165) is 12.8 Å². The Bertz CT molecular complexity index is 427. The zero-order valence-corrected chi connectivity index (χ0v) is 12.5. The lowest BCUT2D eigenvalue weighted by molar-refractivity contribution is 0.0937. The minimum absolute atomic E-state index is 0.231. The standard InChI is InChI=1S/C14H21ClN2O2/c1-14(2)6-4-10(5-7-14)19-13-8-11(15)16-12(17-13)9-18-3/h8,10H,4-7,9H2,1-3H3. The maximum atomic E-state index is 5.96. The molecule has 19 heavy (non-hydrogen) atoms. The highest BCUT2D eigenvalue weighted by Crippen LogP contribution is 2.36. The Balaban J connectivity index is 1.99. The predicted molar refractivity (Wildman–Crippen MR) is 74.4 cm³/mol. The van der Waals surface area contributed by atoms with Gasteiger partial charge in [-0.25, -0.2) is 4.98 Å². The summed E-state index contributed by atoms with van der Waals surface area (Å²) in [5.74, 6) is 1.11. The summed E-state index contributed by atoms with van der Waals surface area (Å²) in [5.41, 5.74) is 0.435. The molecule has 0 amide bonds. The van der Waals surface area contributed by atoms with Gasteiger partial charge in [0.05, 0.1) is 0 Å². The van der Waals surface area contributed by atoms with E-state index in [2.05, 4.69) is 23.8 Å². The van der Waals surface area contributed by atoms with Gasteiger partial charge in [-0.3, -0.25) is 0 Å². The number of ether oxygens (including phenoxy) is 2. The summed E-state index contributed by atoms with van der Waals surface area (Å²) in [6, 6.07) is 1.67. The van der Waals surface area contributed by atoms with Crippen LogP contribution in [0.15, 0.2) is 6.07 Å². The Kier molecular flexibility index (Phi) is 4.63. The SMILES string of the molecule is COCc1nc(Cl)cc(OC2CCC(C)(C)CC2)n1. The molecule has 2 rings (SSSR count). The van der Waals surface area contributed by atoms with E-state index < -0.39 is 0 Å². The van der Waals surface area contributed by atoms with Crippen molar-refractivity contribution in [2.45, 2.75) is 52.2 Å². The van der Waals surface area contributed by atoms with Crippen molar-refractivity contribution in [1.29, 1.82) is 0 Å². The molecular formula is C14H21ClN2O2. The van der Waals surface area contributed by atoms with Gasteiger partial charge in [0.1, 0.15) is 17.9 Å². The van der Waals surface area contributed by atoms with E-state index in [4.69, 9.17) is 21.1 Å². The van der Waals surface area contributed by atoms with Gasteiger partial charge in [0.2, 0.25) is 5.88 Å². The summed E-state index contributed by atoms with van der Waals surface area (Å²) in [6.07, 6.45) is 4.72. The van der Waals surface area contributed by atoms with E-state index in [1.807, 2.05) is 0 Å². The molecule has 0 atom stereocenters. The minimum atomic E-state index is 0.231. The van der Waals surface area contributed by atoms with E-state index in [1.54, 1.807) is 13.2 Å². The number of aromatic nitrogens is 2. The number of nitrogens with zero attached hydrogens (tertiary/aromatic N) is 2. The van der Waals surface area contributed by atoms with Gasteiger partial charge in [0, 0.05) is 13.2 Å². The van der Waals surface area contributed by atoms with Gasteiger partial charge in [-0.15, -0.1) is 0 Å². The second-order valence-corrected chi connectivity index (χ2v) is 6.25. The van der Waals surface area contributed by atoms with Gasteiger partial charge in [-0.1, -0.05) is 25.4 Å². The van der Waals surface area contributed by atoms with Crippen molar-refractivity contribution in [2.75, 3.05) is 7.11 Å². The molecular weight excluding hydrogens is 264 g/mol. The maximum absolute atomic E-state index is 5.96. The molecule has 106 valence electrons. The van der Waals surface area contributed by atoms with Crippen LogP contribution in [-0.2, 0) is 11.3 Å². The Morgan fingerprint density at radius 1 is 1.32 bits per heavy atom. The van der Waals surface area contributed by atoms with Crippen LogP contribution in [0.2, 0.25) is 5.15 Å². The summed E-state index contributed by atoms with van der Waals surface area (Å²) in [4.78, 5) is 8.40. The quantitative estimate of drug-likeness (QED) is 0.792. The molecule has 0 aromatic carbocycles. The zero-order valence-electron chi connectivity index (χ0n) is 11.8. The van der Waals surface area contributed by atoms with E-state index >= 15 is 0 Å². The average Bonchev–Trinajstić information content (AvgIpc) is 2.32. The first-order valence-electron chi connectivity index (χ1n) is 6.67. The van der Waals surface area contributed by atoms with Crippen LogP contribution >= 0.6 is 11.6 Å². The Labute approximate surface area is 119 Å². The van der Waals surface area contributed by atoms with Gasteiger partial charge in [-0.2, -0.15) is 4.98 Å². The second-order valence-electron chi connectivity index (χ2n) is 5.86. The maximum Gasteiger partial charge on any atom is 0.218 e. The molecule has 0 unspecified atom stereocenters. The molecule has 0 bridgehead atoms. The molecule has 1 aromatic rings. The number of halogens is 1. The van der Waals surface area contributed by atoms with Gasteiger partial charge >= 0.3 is 0 Å². The number of hydrogen-bond donors (Lipinski definition) is 0. The lowest BCUT2D eigenvalue weighted by Gasteiger charge is -2.34. The fourth-order valence-electron chi connectivity index (χ4n) is 2.36. The molecule has 1 fully saturated rings. The number of hydrogen-bond acceptors (Lipinski definition) is 4. The lowest BCUT2D eigenvalue weighted by Crippen LogP contribution is -2.28. The van der Waals surface area contributed by atoms with Crippen molar-refractivity contribution in [1.82, 2.24) is 9.97 Å². The van der Waals surface area contributed by atoms with Crippen LogP contribution in [0.5, 0.6) is 5.88 Å². The van der Waals surface area contributed by atoms with E-state index in [-0.39, 0.29) is 6.10 Å². The molecule has 4 nitrogen and oxygen atoms in total. The van der Waals surface area contributed by atoms with Crippen LogP contribution in [0.1, 0.15) is 45.4 Å². The third kappa shape index (κ3) is 4.32. The molecule has 0 N–H and O–H groups in total. The monoisotopic (exact) mass is 284 g/mol. The Morgan fingerprint density at radius 3 is 2.63 bits per heavy atom.